The van der Waals surface area contributed by atoms with Gasteiger partial charge >= 0.3 is 0 Å². The summed E-state index contributed by atoms with van der Waals surface area (Å²) in [6, 6.07) is 15.9. The van der Waals surface area contributed by atoms with Gasteiger partial charge in [0.15, 0.2) is 0 Å². The molecular weight excluding hydrogens is 398 g/mol. The second-order valence-electron chi connectivity index (χ2n) is 7.61. The maximum Gasteiger partial charge on any atom is 0.255 e. The molecule has 0 bridgehead atoms. The summed E-state index contributed by atoms with van der Waals surface area (Å²) < 4.78 is 26.4. The number of benzene rings is 2. The fourth-order valence-electron chi connectivity index (χ4n) is 3.70. The average molecular weight is 422 g/mol. The molecule has 3 aromatic rings. The predicted molar refractivity (Wildman–Crippen MR) is 117 cm³/mol. The van der Waals surface area contributed by atoms with E-state index >= 15 is 0 Å². The first kappa shape index (κ1) is 20.9. The number of rotatable bonds is 5. The van der Waals surface area contributed by atoms with E-state index < -0.39 is 0 Å². The molecule has 1 N–H and O–H groups in total. The number of nitrogens with zero attached hydrogens (tertiary/aromatic N) is 3. The quantitative estimate of drug-likeness (QED) is 0.665. The van der Waals surface area contributed by atoms with Crippen molar-refractivity contribution in [2.24, 2.45) is 0 Å². The van der Waals surface area contributed by atoms with Crippen molar-refractivity contribution in [1.82, 2.24) is 9.88 Å². The van der Waals surface area contributed by atoms with E-state index in [1.807, 2.05) is 18.2 Å². The Hall–Kier alpha value is -3.32. The molecule has 1 aliphatic rings. The molecule has 2 aromatic carbocycles. The minimum absolute atomic E-state index is 0.204. The molecule has 0 radical (unpaired) electrons. The summed E-state index contributed by atoms with van der Waals surface area (Å²) >= 11 is 0. The summed E-state index contributed by atoms with van der Waals surface area (Å²) in [5.74, 6) is -0.0380. The maximum absolute atomic E-state index is 13.4. The average Bonchev–Trinajstić information content (AvgIpc) is 3.00. The Morgan fingerprint density at radius 1 is 0.935 bits per heavy atom. The minimum Gasteiger partial charge on any atom is -0.355 e. The number of pyridine rings is 1. The zero-order valence-electron chi connectivity index (χ0n) is 17.1. The number of hydrogen-bond acceptors (Lipinski definition) is 4. The van der Waals surface area contributed by atoms with Crippen molar-refractivity contribution in [2.75, 3.05) is 36.4 Å². The van der Waals surface area contributed by atoms with Gasteiger partial charge in [0, 0.05) is 38.3 Å². The lowest BCUT2D eigenvalue weighted by Crippen LogP contribution is -2.31. The van der Waals surface area contributed by atoms with Crippen LogP contribution in [0.2, 0.25) is 0 Å². The van der Waals surface area contributed by atoms with Gasteiger partial charge in [0.05, 0.1) is 11.9 Å². The van der Waals surface area contributed by atoms with Crippen molar-refractivity contribution in [3.63, 3.8) is 0 Å². The highest BCUT2D eigenvalue weighted by Crippen LogP contribution is 2.18. The highest BCUT2D eigenvalue weighted by molar-refractivity contribution is 6.04. The number of aromatic nitrogens is 1. The van der Waals surface area contributed by atoms with Crippen LogP contribution in [0.25, 0.3) is 0 Å². The SMILES string of the molecule is O=C(Nc1ccc(N2CCCN(Cc3cccc(F)c3)CC2)nc1)c1ccc(F)cc1. The Balaban J connectivity index is 1.33. The summed E-state index contributed by atoms with van der Waals surface area (Å²) in [6.45, 7) is 4.24. The van der Waals surface area contributed by atoms with Gasteiger partial charge in [-0.1, -0.05) is 12.1 Å². The van der Waals surface area contributed by atoms with Crippen molar-refractivity contribution in [3.05, 3.63) is 89.6 Å². The van der Waals surface area contributed by atoms with E-state index in [0.29, 0.717) is 11.3 Å². The van der Waals surface area contributed by atoms with Gasteiger partial charge in [-0.3, -0.25) is 9.69 Å². The Morgan fingerprint density at radius 3 is 2.52 bits per heavy atom. The highest BCUT2D eigenvalue weighted by Gasteiger charge is 2.16. The van der Waals surface area contributed by atoms with Crippen LogP contribution in [-0.2, 0) is 6.54 Å². The number of anilines is 2. The third-order valence-electron chi connectivity index (χ3n) is 5.32. The molecule has 5 nitrogen and oxygen atoms in total. The standard InChI is InChI=1S/C24H24F2N4O/c25-20-7-5-19(6-8-20)24(31)28-22-9-10-23(27-16-22)30-12-2-11-29(13-14-30)17-18-3-1-4-21(26)15-18/h1,3-10,15-16H,2,11-14,17H2,(H,28,31). The van der Waals surface area contributed by atoms with Crippen LogP contribution in [0.4, 0.5) is 20.3 Å². The Labute approximate surface area is 180 Å². The van der Waals surface area contributed by atoms with Gasteiger partial charge in [0.1, 0.15) is 17.5 Å². The van der Waals surface area contributed by atoms with Gasteiger partial charge in [-0.2, -0.15) is 0 Å². The molecule has 0 atom stereocenters. The van der Waals surface area contributed by atoms with Gasteiger partial charge in [-0.15, -0.1) is 0 Å². The van der Waals surface area contributed by atoms with Crippen molar-refractivity contribution in [1.29, 1.82) is 0 Å². The smallest absolute Gasteiger partial charge is 0.255 e. The first-order chi connectivity index (χ1) is 15.1. The number of nitrogens with one attached hydrogen (secondary N) is 1. The van der Waals surface area contributed by atoms with Crippen molar-refractivity contribution >= 4 is 17.4 Å². The number of hydrogen-bond donors (Lipinski definition) is 1. The molecule has 31 heavy (non-hydrogen) atoms. The van der Waals surface area contributed by atoms with Gasteiger partial charge in [0.25, 0.3) is 5.91 Å². The zero-order chi connectivity index (χ0) is 21.6. The lowest BCUT2D eigenvalue weighted by Gasteiger charge is -2.23. The van der Waals surface area contributed by atoms with E-state index in [0.717, 1.165) is 50.5 Å². The molecular formula is C24H24F2N4O. The number of carbonyl (C=O) groups is 1. The maximum atomic E-state index is 13.4. The summed E-state index contributed by atoms with van der Waals surface area (Å²) in [5, 5.41) is 2.78. The van der Waals surface area contributed by atoms with Crippen molar-refractivity contribution < 1.29 is 13.6 Å². The fourth-order valence-corrected chi connectivity index (χ4v) is 3.70. The largest absolute Gasteiger partial charge is 0.355 e. The third-order valence-corrected chi connectivity index (χ3v) is 5.32. The van der Waals surface area contributed by atoms with Crippen LogP contribution in [0.3, 0.4) is 0 Å². The molecule has 0 aliphatic carbocycles. The second-order valence-corrected chi connectivity index (χ2v) is 7.61. The van der Waals surface area contributed by atoms with Crippen LogP contribution in [-0.4, -0.2) is 42.0 Å². The van der Waals surface area contributed by atoms with Crippen LogP contribution < -0.4 is 10.2 Å². The monoisotopic (exact) mass is 422 g/mol. The first-order valence-electron chi connectivity index (χ1n) is 10.3. The summed E-state index contributed by atoms with van der Waals surface area (Å²) in [7, 11) is 0. The van der Waals surface area contributed by atoms with E-state index in [1.165, 1.54) is 30.3 Å². The van der Waals surface area contributed by atoms with E-state index in [1.54, 1.807) is 18.3 Å². The van der Waals surface area contributed by atoms with E-state index in [-0.39, 0.29) is 17.5 Å². The second kappa shape index (κ2) is 9.66. The molecule has 2 heterocycles. The molecule has 1 saturated heterocycles. The molecule has 0 saturated carbocycles. The van der Waals surface area contributed by atoms with Crippen molar-refractivity contribution in [2.45, 2.75) is 13.0 Å². The van der Waals surface area contributed by atoms with E-state index in [4.69, 9.17) is 0 Å². The summed E-state index contributed by atoms with van der Waals surface area (Å²) in [6.07, 6.45) is 2.62. The summed E-state index contributed by atoms with van der Waals surface area (Å²) in [4.78, 5) is 21.3. The normalized spacial score (nSPS) is 14.8. The van der Waals surface area contributed by atoms with Crippen LogP contribution in [0, 0.1) is 11.6 Å². The van der Waals surface area contributed by atoms with Gasteiger partial charge in [-0.25, -0.2) is 13.8 Å². The Morgan fingerprint density at radius 2 is 1.77 bits per heavy atom. The van der Waals surface area contributed by atoms with Crippen LogP contribution >= 0.6 is 0 Å². The minimum atomic E-state index is -0.380. The number of halogens is 2. The first-order valence-corrected chi connectivity index (χ1v) is 10.3. The van der Waals surface area contributed by atoms with Crippen LogP contribution in [0.5, 0.6) is 0 Å². The Kier molecular flexibility index (Phi) is 6.52. The molecule has 7 heteroatoms. The summed E-state index contributed by atoms with van der Waals surface area (Å²) in [5.41, 5.74) is 1.95. The van der Waals surface area contributed by atoms with Gasteiger partial charge < -0.3 is 10.2 Å². The molecule has 0 unspecified atom stereocenters. The molecule has 160 valence electrons. The molecule has 0 spiro atoms. The van der Waals surface area contributed by atoms with E-state index in [9.17, 15) is 13.6 Å². The lowest BCUT2D eigenvalue weighted by atomic mass is 10.2. The lowest BCUT2D eigenvalue weighted by molar-refractivity contribution is 0.102. The fraction of sp³-hybridized carbons (Fsp3) is 0.250. The van der Waals surface area contributed by atoms with Gasteiger partial charge in [0.2, 0.25) is 0 Å². The van der Waals surface area contributed by atoms with Crippen molar-refractivity contribution in [3.8, 4) is 0 Å². The molecule has 4 rings (SSSR count). The van der Waals surface area contributed by atoms with E-state index in [2.05, 4.69) is 20.1 Å². The zero-order valence-corrected chi connectivity index (χ0v) is 17.1. The van der Waals surface area contributed by atoms with Gasteiger partial charge in [-0.05, 0) is 60.5 Å². The number of carbonyl (C=O) groups excluding carboxylic acids is 1. The molecule has 1 aliphatic heterocycles. The van der Waals surface area contributed by atoms with Crippen LogP contribution in [0.15, 0.2) is 66.9 Å². The Bertz CT molecular complexity index is 1020. The van der Waals surface area contributed by atoms with Crippen LogP contribution in [0.1, 0.15) is 22.3 Å². The predicted octanol–water partition coefficient (Wildman–Crippen LogP) is 4.32. The topological polar surface area (TPSA) is 48.5 Å². The molecule has 1 amide bonds. The third kappa shape index (κ3) is 5.64. The highest BCUT2D eigenvalue weighted by atomic mass is 19.1. The number of amides is 1. The molecule has 1 aromatic heterocycles. The molecule has 1 fully saturated rings.